The molecule has 104 valence electrons. The van der Waals surface area contributed by atoms with E-state index < -0.39 is 0 Å². The number of hydrogen-bond donors (Lipinski definition) is 1. The second-order valence-electron chi connectivity index (χ2n) is 5.07. The molecule has 1 aliphatic rings. The quantitative estimate of drug-likeness (QED) is 0.670. The van der Waals surface area contributed by atoms with E-state index in [2.05, 4.69) is 6.92 Å². The molecule has 1 atom stereocenters. The molecule has 2 rings (SSSR count). The van der Waals surface area contributed by atoms with Gasteiger partial charge in [-0.15, -0.1) is 0 Å². The first-order chi connectivity index (χ1) is 9.20. The van der Waals surface area contributed by atoms with Crippen LogP contribution in [0.2, 0.25) is 0 Å². The van der Waals surface area contributed by atoms with Crippen molar-refractivity contribution in [2.75, 3.05) is 25.4 Å². The molecule has 0 saturated carbocycles. The van der Waals surface area contributed by atoms with Crippen LogP contribution in [-0.4, -0.2) is 30.7 Å². The van der Waals surface area contributed by atoms with E-state index >= 15 is 0 Å². The highest BCUT2D eigenvalue weighted by molar-refractivity contribution is 5.68. The summed E-state index contributed by atoms with van der Waals surface area (Å²) < 4.78 is 5.24. The lowest BCUT2D eigenvalue weighted by Gasteiger charge is -2.16. The third-order valence-electron chi connectivity index (χ3n) is 3.58. The smallest absolute Gasteiger partial charge is 0.409 e. The van der Waals surface area contributed by atoms with Gasteiger partial charge in [-0.1, -0.05) is 25.5 Å². The van der Waals surface area contributed by atoms with Crippen LogP contribution in [0, 0.1) is 0 Å². The van der Waals surface area contributed by atoms with Gasteiger partial charge in [-0.05, 0) is 30.5 Å². The van der Waals surface area contributed by atoms with Gasteiger partial charge < -0.3 is 15.4 Å². The molecule has 1 aliphatic heterocycles. The summed E-state index contributed by atoms with van der Waals surface area (Å²) in [7, 11) is 0. The predicted octanol–water partition coefficient (Wildman–Crippen LogP) is 2.99. The minimum absolute atomic E-state index is 0.175. The van der Waals surface area contributed by atoms with Crippen LogP contribution in [0.3, 0.4) is 0 Å². The lowest BCUT2D eigenvalue weighted by molar-refractivity contribution is 0.109. The van der Waals surface area contributed by atoms with E-state index in [-0.39, 0.29) is 6.09 Å². The molecule has 0 radical (unpaired) electrons. The monoisotopic (exact) mass is 262 g/mol. The normalized spacial score (nSPS) is 18.6. The van der Waals surface area contributed by atoms with Crippen molar-refractivity contribution in [3.63, 3.8) is 0 Å². The minimum atomic E-state index is -0.175. The summed E-state index contributed by atoms with van der Waals surface area (Å²) in [5.74, 6) is 0.402. The maximum atomic E-state index is 11.8. The Hall–Kier alpha value is -1.71. The minimum Gasteiger partial charge on any atom is -0.449 e. The number of anilines is 1. The number of carbonyl (C=O) groups excluding carboxylic acids is 1. The molecular formula is C15H22N2O2. The first-order valence-electron chi connectivity index (χ1n) is 6.98. The van der Waals surface area contributed by atoms with Gasteiger partial charge in [0.2, 0.25) is 0 Å². The van der Waals surface area contributed by atoms with Crippen LogP contribution in [0.15, 0.2) is 24.3 Å². The van der Waals surface area contributed by atoms with E-state index in [1.165, 1.54) is 5.56 Å². The van der Waals surface area contributed by atoms with Gasteiger partial charge in [0.15, 0.2) is 0 Å². The zero-order chi connectivity index (χ0) is 13.7. The van der Waals surface area contributed by atoms with Gasteiger partial charge in [0.25, 0.3) is 0 Å². The number of nitrogens with zero attached hydrogens (tertiary/aromatic N) is 1. The van der Waals surface area contributed by atoms with Crippen LogP contribution >= 0.6 is 0 Å². The fraction of sp³-hybridized carbons (Fsp3) is 0.533. The number of benzene rings is 1. The average Bonchev–Trinajstić information content (AvgIpc) is 2.89. The molecule has 1 aromatic carbocycles. The van der Waals surface area contributed by atoms with Gasteiger partial charge in [-0.3, -0.25) is 0 Å². The number of hydrogen-bond acceptors (Lipinski definition) is 3. The van der Waals surface area contributed by atoms with E-state index in [0.29, 0.717) is 12.5 Å². The van der Waals surface area contributed by atoms with Crippen LogP contribution < -0.4 is 5.73 Å². The molecule has 0 spiro atoms. The summed E-state index contributed by atoms with van der Waals surface area (Å²) in [4.78, 5) is 13.6. The third-order valence-corrected chi connectivity index (χ3v) is 3.58. The molecule has 1 amide bonds. The van der Waals surface area contributed by atoms with Crippen molar-refractivity contribution >= 4 is 11.8 Å². The molecule has 1 heterocycles. The van der Waals surface area contributed by atoms with Crippen LogP contribution in [-0.2, 0) is 4.74 Å². The molecule has 2 N–H and O–H groups in total. The number of carbonyl (C=O) groups is 1. The second-order valence-corrected chi connectivity index (χ2v) is 5.07. The van der Waals surface area contributed by atoms with Crippen molar-refractivity contribution in [2.45, 2.75) is 32.1 Å². The molecule has 1 unspecified atom stereocenters. The fourth-order valence-corrected chi connectivity index (χ4v) is 2.36. The van der Waals surface area contributed by atoms with Gasteiger partial charge >= 0.3 is 6.09 Å². The van der Waals surface area contributed by atoms with Crippen molar-refractivity contribution in [3.05, 3.63) is 29.8 Å². The number of likely N-dealkylation sites (tertiary alicyclic amines) is 1. The number of rotatable bonds is 4. The predicted molar refractivity (Wildman–Crippen MR) is 76.0 cm³/mol. The van der Waals surface area contributed by atoms with E-state index in [0.717, 1.165) is 38.0 Å². The van der Waals surface area contributed by atoms with Crippen LogP contribution in [0.25, 0.3) is 0 Å². The first kappa shape index (κ1) is 13.7. The molecule has 4 nitrogen and oxygen atoms in total. The number of amides is 1. The zero-order valence-corrected chi connectivity index (χ0v) is 11.5. The molecule has 0 bridgehead atoms. The summed E-state index contributed by atoms with van der Waals surface area (Å²) in [5.41, 5.74) is 7.71. The lowest BCUT2D eigenvalue weighted by atomic mass is 9.98. The first-order valence-corrected chi connectivity index (χ1v) is 6.98. The van der Waals surface area contributed by atoms with E-state index in [4.69, 9.17) is 10.5 Å². The van der Waals surface area contributed by atoms with Gasteiger partial charge in [0, 0.05) is 24.7 Å². The topological polar surface area (TPSA) is 55.6 Å². The molecule has 1 fully saturated rings. The fourth-order valence-electron chi connectivity index (χ4n) is 2.36. The highest BCUT2D eigenvalue weighted by atomic mass is 16.6. The van der Waals surface area contributed by atoms with Crippen LogP contribution in [0.4, 0.5) is 10.5 Å². The number of unbranched alkanes of at least 4 members (excludes halogenated alkanes) is 1. The van der Waals surface area contributed by atoms with Crippen molar-refractivity contribution in [1.29, 1.82) is 0 Å². The molecule has 19 heavy (non-hydrogen) atoms. The third kappa shape index (κ3) is 3.63. The Kier molecular flexibility index (Phi) is 4.66. The van der Waals surface area contributed by atoms with Gasteiger partial charge in [-0.25, -0.2) is 4.79 Å². The van der Waals surface area contributed by atoms with Crippen molar-refractivity contribution in [1.82, 2.24) is 4.90 Å². The molecule has 4 heteroatoms. The molecule has 0 aromatic heterocycles. The van der Waals surface area contributed by atoms with Crippen molar-refractivity contribution in [2.24, 2.45) is 0 Å². The number of nitrogen functional groups attached to an aromatic ring is 1. The zero-order valence-electron chi connectivity index (χ0n) is 11.5. The Labute approximate surface area is 114 Å². The summed E-state index contributed by atoms with van der Waals surface area (Å²) in [6.07, 6.45) is 2.79. The SMILES string of the molecule is CCCCOC(=O)N1CCC(c2ccc(N)cc2)C1. The molecular weight excluding hydrogens is 240 g/mol. The summed E-state index contributed by atoms with van der Waals surface area (Å²) in [6.45, 7) is 4.13. The molecule has 1 saturated heterocycles. The molecule has 1 aromatic rings. The van der Waals surface area contributed by atoms with Gasteiger partial charge in [-0.2, -0.15) is 0 Å². The van der Waals surface area contributed by atoms with Gasteiger partial charge in [0.05, 0.1) is 6.61 Å². The maximum absolute atomic E-state index is 11.8. The van der Waals surface area contributed by atoms with Crippen molar-refractivity contribution < 1.29 is 9.53 Å². The highest BCUT2D eigenvalue weighted by Gasteiger charge is 2.28. The standard InChI is InChI=1S/C15H22N2O2/c1-2-3-10-19-15(18)17-9-8-13(11-17)12-4-6-14(16)7-5-12/h4-7,13H,2-3,8-11,16H2,1H3. The number of ether oxygens (including phenoxy) is 1. The van der Waals surface area contributed by atoms with Crippen LogP contribution in [0.5, 0.6) is 0 Å². The summed E-state index contributed by atoms with van der Waals surface area (Å²) >= 11 is 0. The largest absolute Gasteiger partial charge is 0.449 e. The van der Waals surface area contributed by atoms with E-state index in [1.807, 2.05) is 24.3 Å². The number of nitrogens with two attached hydrogens (primary N) is 1. The Morgan fingerprint density at radius 2 is 2.16 bits per heavy atom. The summed E-state index contributed by atoms with van der Waals surface area (Å²) in [6, 6.07) is 7.92. The van der Waals surface area contributed by atoms with E-state index in [1.54, 1.807) is 4.90 Å². The summed E-state index contributed by atoms with van der Waals surface area (Å²) in [5, 5.41) is 0. The maximum Gasteiger partial charge on any atom is 0.409 e. The molecule has 0 aliphatic carbocycles. The Bertz CT molecular complexity index is 417. The average molecular weight is 262 g/mol. The van der Waals surface area contributed by atoms with E-state index in [9.17, 15) is 4.79 Å². The second kappa shape index (κ2) is 6.45. The van der Waals surface area contributed by atoms with Crippen molar-refractivity contribution in [3.8, 4) is 0 Å². The lowest BCUT2D eigenvalue weighted by Crippen LogP contribution is -2.29. The Balaban J connectivity index is 1.85. The Morgan fingerprint density at radius 3 is 2.84 bits per heavy atom. The highest BCUT2D eigenvalue weighted by Crippen LogP contribution is 2.28. The Morgan fingerprint density at radius 1 is 1.42 bits per heavy atom. The van der Waals surface area contributed by atoms with Crippen LogP contribution in [0.1, 0.15) is 37.7 Å². The van der Waals surface area contributed by atoms with Gasteiger partial charge in [0.1, 0.15) is 0 Å².